The molecule has 0 saturated heterocycles. The molecule has 136 valence electrons. The number of carbonyl (C=O) groups is 1. The Bertz CT molecular complexity index is 784. The summed E-state index contributed by atoms with van der Waals surface area (Å²) in [5.41, 5.74) is 6.46. The fourth-order valence-corrected chi connectivity index (χ4v) is 2.13. The Morgan fingerprint density at radius 1 is 1.23 bits per heavy atom. The smallest absolute Gasteiger partial charge is 0.279 e. The van der Waals surface area contributed by atoms with Gasteiger partial charge in [0.25, 0.3) is 5.91 Å². The van der Waals surface area contributed by atoms with Gasteiger partial charge in [-0.2, -0.15) is 0 Å². The van der Waals surface area contributed by atoms with Gasteiger partial charge in [-0.15, -0.1) is 0 Å². The van der Waals surface area contributed by atoms with Gasteiger partial charge >= 0.3 is 0 Å². The number of nitrogens with one attached hydrogen (secondary N) is 3. The van der Waals surface area contributed by atoms with Crippen molar-refractivity contribution < 1.29 is 14.4 Å². The number of methoxy groups -OCH3 is 1. The Labute approximate surface area is 161 Å². The summed E-state index contributed by atoms with van der Waals surface area (Å²) in [7, 11) is 1.59. The molecule has 0 unspecified atom stereocenters. The van der Waals surface area contributed by atoms with Crippen LogP contribution in [0.25, 0.3) is 0 Å². The first-order valence-electron chi connectivity index (χ1n) is 7.47. The van der Waals surface area contributed by atoms with Gasteiger partial charge in [0.15, 0.2) is 11.7 Å². The first-order valence-corrected chi connectivity index (χ1v) is 8.26. The van der Waals surface area contributed by atoms with E-state index in [9.17, 15) is 4.79 Å². The molecular formula is C17H17ClN4O3S. The van der Waals surface area contributed by atoms with Crippen molar-refractivity contribution in [2.24, 2.45) is 5.16 Å². The number of hydrogen-bond donors (Lipinski definition) is 3. The van der Waals surface area contributed by atoms with Crippen LogP contribution in [0.3, 0.4) is 0 Å². The minimum Gasteiger partial charge on any atom is -0.497 e. The Balaban J connectivity index is 1.66. The van der Waals surface area contributed by atoms with E-state index in [2.05, 4.69) is 21.3 Å². The lowest BCUT2D eigenvalue weighted by molar-refractivity contribution is -0.126. The number of halogens is 1. The Morgan fingerprint density at radius 2 is 2.00 bits per heavy atom. The molecule has 2 aromatic rings. The number of rotatable bonds is 6. The van der Waals surface area contributed by atoms with Crippen LogP contribution in [0, 0.1) is 0 Å². The van der Waals surface area contributed by atoms with E-state index < -0.39 is 5.91 Å². The van der Waals surface area contributed by atoms with Gasteiger partial charge in [-0.25, -0.2) is 0 Å². The molecule has 0 heterocycles. The van der Waals surface area contributed by atoms with E-state index in [-0.39, 0.29) is 11.7 Å². The van der Waals surface area contributed by atoms with Crippen LogP contribution in [-0.4, -0.2) is 31.0 Å². The van der Waals surface area contributed by atoms with Gasteiger partial charge in [0.1, 0.15) is 5.75 Å². The highest BCUT2D eigenvalue weighted by Gasteiger charge is 2.03. The summed E-state index contributed by atoms with van der Waals surface area (Å²) in [5, 5.41) is 7.39. The van der Waals surface area contributed by atoms with Gasteiger partial charge in [0, 0.05) is 10.7 Å². The van der Waals surface area contributed by atoms with Crippen LogP contribution in [0.2, 0.25) is 5.02 Å². The first kappa shape index (κ1) is 19.5. The lowest BCUT2D eigenvalue weighted by Crippen LogP contribution is -2.45. The molecule has 2 aromatic carbocycles. The van der Waals surface area contributed by atoms with Crippen molar-refractivity contribution in [1.82, 2.24) is 10.9 Å². The summed E-state index contributed by atoms with van der Waals surface area (Å²) >= 11 is 10.9. The fraction of sp³-hybridized carbons (Fsp3) is 0.118. The van der Waals surface area contributed by atoms with E-state index in [4.69, 9.17) is 33.4 Å². The summed E-state index contributed by atoms with van der Waals surface area (Å²) in [5.74, 6) is 0.308. The lowest BCUT2D eigenvalue weighted by atomic mass is 10.2. The number of ether oxygens (including phenoxy) is 1. The molecule has 2 rings (SSSR count). The summed E-state index contributed by atoms with van der Waals surface area (Å²) in [6.45, 7) is -0.264. The van der Waals surface area contributed by atoms with Gasteiger partial charge in [-0.1, -0.05) is 22.8 Å². The van der Waals surface area contributed by atoms with Crippen molar-refractivity contribution in [3.63, 3.8) is 0 Å². The lowest BCUT2D eigenvalue weighted by Gasteiger charge is -2.11. The van der Waals surface area contributed by atoms with Gasteiger partial charge < -0.3 is 14.9 Å². The molecule has 3 N–H and O–H groups in total. The summed E-state index contributed by atoms with van der Waals surface area (Å²) in [6, 6.07) is 14.2. The van der Waals surface area contributed by atoms with E-state index in [1.54, 1.807) is 43.5 Å². The van der Waals surface area contributed by atoms with Crippen LogP contribution in [0.15, 0.2) is 53.7 Å². The third kappa shape index (κ3) is 6.96. The molecule has 0 aliphatic rings. The number of carbonyl (C=O) groups excluding carboxylic acids is 1. The van der Waals surface area contributed by atoms with Gasteiger partial charge in [-0.3, -0.25) is 15.6 Å². The van der Waals surface area contributed by atoms with Gasteiger partial charge in [0.05, 0.1) is 13.3 Å². The maximum atomic E-state index is 11.7. The van der Waals surface area contributed by atoms with E-state index in [1.165, 1.54) is 6.21 Å². The number of thiocarbonyl (C=S) groups is 1. The molecule has 0 bridgehead atoms. The third-order valence-corrected chi connectivity index (χ3v) is 3.42. The van der Waals surface area contributed by atoms with E-state index in [0.717, 1.165) is 11.3 Å². The second kappa shape index (κ2) is 10.2. The average molecular weight is 393 g/mol. The van der Waals surface area contributed by atoms with Crippen LogP contribution < -0.4 is 20.9 Å². The third-order valence-electron chi connectivity index (χ3n) is 2.99. The molecule has 0 atom stereocenters. The Morgan fingerprint density at radius 3 is 2.69 bits per heavy atom. The molecule has 0 aliphatic heterocycles. The number of benzene rings is 2. The molecule has 0 radical (unpaired) electrons. The molecule has 0 spiro atoms. The highest BCUT2D eigenvalue weighted by Crippen LogP contribution is 2.14. The highest BCUT2D eigenvalue weighted by atomic mass is 35.5. The molecule has 1 amide bonds. The van der Waals surface area contributed by atoms with Crippen LogP contribution in [-0.2, 0) is 9.63 Å². The maximum Gasteiger partial charge on any atom is 0.279 e. The van der Waals surface area contributed by atoms with Crippen LogP contribution in [0.4, 0.5) is 5.69 Å². The van der Waals surface area contributed by atoms with Crippen molar-refractivity contribution in [3.8, 4) is 5.75 Å². The molecule has 0 aliphatic carbocycles. The molecular weight excluding hydrogens is 376 g/mol. The number of nitrogens with zero attached hydrogens (tertiary/aromatic N) is 1. The van der Waals surface area contributed by atoms with E-state index in [1.807, 2.05) is 12.1 Å². The van der Waals surface area contributed by atoms with Crippen LogP contribution in [0.1, 0.15) is 5.56 Å². The predicted molar refractivity (Wildman–Crippen MR) is 105 cm³/mol. The normalized spacial score (nSPS) is 10.2. The second-order valence-electron chi connectivity index (χ2n) is 4.92. The minimum absolute atomic E-state index is 0.211. The number of hydrogen-bond acceptors (Lipinski definition) is 5. The van der Waals surface area contributed by atoms with Gasteiger partial charge in [0.2, 0.25) is 0 Å². The largest absolute Gasteiger partial charge is 0.497 e. The SMILES string of the molecule is COc1ccc(/C=N\OCC(=O)NNC(=S)Nc2cccc(Cl)c2)cc1. The zero-order chi connectivity index (χ0) is 18.8. The topological polar surface area (TPSA) is 84.0 Å². The molecule has 0 fully saturated rings. The molecule has 7 nitrogen and oxygen atoms in total. The minimum atomic E-state index is -0.438. The first-order chi connectivity index (χ1) is 12.6. The van der Waals surface area contributed by atoms with Crippen molar-refractivity contribution in [3.05, 3.63) is 59.1 Å². The Kier molecular flexibility index (Phi) is 7.66. The standard InChI is InChI=1S/C17H17ClN4O3S/c1-24-15-7-5-12(6-8-15)10-19-25-11-16(23)21-22-17(26)20-14-4-2-3-13(18)9-14/h2-10H,11H2,1H3,(H,21,23)(H2,20,22,26)/b19-10-. The summed E-state index contributed by atoms with van der Waals surface area (Å²) in [6.07, 6.45) is 1.49. The van der Waals surface area contributed by atoms with Crippen molar-refractivity contribution in [1.29, 1.82) is 0 Å². The number of hydrazine groups is 1. The molecule has 0 aromatic heterocycles. The number of amides is 1. The fourth-order valence-electron chi connectivity index (χ4n) is 1.78. The second-order valence-corrected chi connectivity index (χ2v) is 5.76. The zero-order valence-corrected chi connectivity index (χ0v) is 15.4. The Hall–Kier alpha value is -2.84. The molecule has 26 heavy (non-hydrogen) atoms. The summed E-state index contributed by atoms with van der Waals surface area (Å²) in [4.78, 5) is 16.6. The number of anilines is 1. The average Bonchev–Trinajstić information content (AvgIpc) is 2.64. The van der Waals surface area contributed by atoms with Crippen molar-refractivity contribution >= 4 is 46.7 Å². The predicted octanol–water partition coefficient (Wildman–Crippen LogP) is 2.72. The monoisotopic (exact) mass is 392 g/mol. The molecule has 9 heteroatoms. The van der Waals surface area contributed by atoms with E-state index >= 15 is 0 Å². The maximum absolute atomic E-state index is 11.7. The molecule has 0 saturated carbocycles. The van der Waals surface area contributed by atoms with Crippen LogP contribution >= 0.6 is 23.8 Å². The highest BCUT2D eigenvalue weighted by molar-refractivity contribution is 7.80. The quantitative estimate of drug-likeness (QED) is 0.398. The van der Waals surface area contributed by atoms with Crippen molar-refractivity contribution in [2.45, 2.75) is 0 Å². The van der Waals surface area contributed by atoms with E-state index in [0.29, 0.717) is 10.7 Å². The van der Waals surface area contributed by atoms with Crippen LogP contribution in [0.5, 0.6) is 5.75 Å². The van der Waals surface area contributed by atoms with Gasteiger partial charge in [-0.05, 0) is 60.2 Å². The van der Waals surface area contributed by atoms with Crippen molar-refractivity contribution in [2.75, 3.05) is 19.0 Å². The number of oxime groups is 1. The summed E-state index contributed by atoms with van der Waals surface area (Å²) < 4.78 is 5.06. The zero-order valence-electron chi connectivity index (χ0n) is 13.9.